The van der Waals surface area contributed by atoms with Crippen molar-refractivity contribution in [3.63, 3.8) is 0 Å². The van der Waals surface area contributed by atoms with Gasteiger partial charge in [0.15, 0.2) is 0 Å². The highest BCUT2D eigenvalue weighted by Gasteiger charge is 2.42. The lowest BCUT2D eigenvalue weighted by Gasteiger charge is -2.48. The van der Waals surface area contributed by atoms with Crippen LogP contribution in [0.25, 0.3) is 0 Å². The van der Waals surface area contributed by atoms with Crippen molar-refractivity contribution in [2.24, 2.45) is 23.7 Å². The smallest absolute Gasteiger partial charge is 0.303 e. The highest BCUT2D eigenvalue weighted by Crippen LogP contribution is 2.49. The van der Waals surface area contributed by atoms with Gasteiger partial charge in [0.05, 0.1) is 4.90 Å². The number of unbranched alkanes of at least 4 members (excludes halogenated alkanes) is 1. The van der Waals surface area contributed by atoms with E-state index < -0.39 is 16.0 Å². The largest absolute Gasteiger partial charge is 0.481 e. The second-order valence-corrected chi connectivity index (χ2v) is 10.6. The normalized spacial score (nSPS) is 26.8. The molecule has 0 saturated heterocycles. The monoisotopic (exact) mass is 439 g/mol. The SMILES string of the molecule is Cc1cc(Cl)ccc1S(=O)(=O)NCC1C2CCC(CC2)[C@@H]1/C=C\CCCC(=O)O. The molecule has 5 nitrogen and oxygen atoms in total. The lowest BCUT2D eigenvalue weighted by Crippen LogP contribution is -2.45. The fourth-order valence-electron chi connectivity index (χ4n) is 5.05. The van der Waals surface area contributed by atoms with E-state index in [2.05, 4.69) is 16.9 Å². The second-order valence-electron chi connectivity index (χ2n) is 8.39. The number of benzene rings is 1. The van der Waals surface area contributed by atoms with E-state index in [1.165, 1.54) is 25.7 Å². The van der Waals surface area contributed by atoms with Gasteiger partial charge in [0.1, 0.15) is 0 Å². The van der Waals surface area contributed by atoms with Crippen LogP contribution < -0.4 is 4.72 Å². The Labute approximate surface area is 178 Å². The van der Waals surface area contributed by atoms with Gasteiger partial charge in [0.2, 0.25) is 10.0 Å². The fourth-order valence-corrected chi connectivity index (χ4v) is 6.57. The van der Waals surface area contributed by atoms with Crippen LogP contribution in [0.2, 0.25) is 5.02 Å². The minimum Gasteiger partial charge on any atom is -0.481 e. The Morgan fingerprint density at radius 2 is 1.93 bits per heavy atom. The predicted molar refractivity (Wildman–Crippen MR) is 114 cm³/mol. The molecule has 0 aliphatic heterocycles. The average molecular weight is 440 g/mol. The Bertz CT molecular complexity index is 860. The molecule has 1 aromatic rings. The number of fused-ring (bicyclic) bond motifs is 3. The molecule has 2 N–H and O–H groups in total. The average Bonchev–Trinajstić information content (AvgIpc) is 2.67. The Hall–Kier alpha value is -1.37. The summed E-state index contributed by atoms with van der Waals surface area (Å²) in [5, 5.41) is 9.29. The van der Waals surface area contributed by atoms with Crippen molar-refractivity contribution in [2.45, 2.75) is 56.8 Å². The van der Waals surface area contributed by atoms with Gasteiger partial charge in [-0.1, -0.05) is 23.8 Å². The van der Waals surface area contributed by atoms with E-state index in [-0.39, 0.29) is 11.3 Å². The molecule has 3 aliphatic rings. The Balaban J connectivity index is 1.66. The lowest BCUT2D eigenvalue weighted by atomic mass is 9.58. The van der Waals surface area contributed by atoms with Crippen LogP contribution in [0.4, 0.5) is 0 Å². The maximum Gasteiger partial charge on any atom is 0.303 e. The zero-order valence-electron chi connectivity index (χ0n) is 16.8. The first-order chi connectivity index (χ1) is 13.8. The highest BCUT2D eigenvalue weighted by atomic mass is 35.5. The van der Waals surface area contributed by atoms with Crippen molar-refractivity contribution in [1.82, 2.24) is 4.72 Å². The van der Waals surface area contributed by atoms with Crippen molar-refractivity contribution in [1.29, 1.82) is 0 Å². The minimum absolute atomic E-state index is 0.185. The van der Waals surface area contributed by atoms with Crippen LogP contribution in [0.1, 0.15) is 50.5 Å². The van der Waals surface area contributed by atoms with E-state index in [1.54, 1.807) is 25.1 Å². The molecule has 3 fully saturated rings. The van der Waals surface area contributed by atoms with Crippen molar-refractivity contribution >= 4 is 27.6 Å². The van der Waals surface area contributed by atoms with E-state index in [4.69, 9.17) is 16.7 Å². The van der Waals surface area contributed by atoms with Crippen LogP contribution in [0, 0.1) is 30.6 Å². The number of hydrogen-bond acceptors (Lipinski definition) is 3. The predicted octanol–water partition coefficient (Wildman–Crippen LogP) is 4.79. The maximum absolute atomic E-state index is 12.9. The van der Waals surface area contributed by atoms with E-state index in [0.29, 0.717) is 47.2 Å². The molecule has 160 valence electrons. The van der Waals surface area contributed by atoms with E-state index in [1.807, 2.05) is 0 Å². The van der Waals surface area contributed by atoms with E-state index in [9.17, 15) is 13.2 Å². The van der Waals surface area contributed by atoms with Crippen LogP contribution in [0.3, 0.4) is 0 Å². The lowest BCUT2D eigenvalue weighted by molar-refractivity contribution is -0.137. The van der Waals surface area contributed by atoms with Gasteiger partial charge in [0.25, 0.3) is 0 Å². The molecule has 0 amide bonds. The first kappa shape index (κ1) is 22.3. The summed E-state index contributed by atoms with van der Waals surface area (Å²) >= 11 is 5.96. The van der Waals surface area contributed by atoms with Gasteiger partial charge in [-0.3, -0.25) is 4.79 Å². The molecule has 7 heteroatoms. The van der Waals surface area contributed by atoms with Gasteiger partial charge < -0.3 is 5.11 Å². The molecule has 1 unspecified atom stereocenters. The molecule has 2 bridgehead atoms. The third-order valence-corrected chi connectivity index (χ3v) is 8.33. The number of carboxylic acids is 1. The standard InChI is InChI=1S/C22H30ClNO4S/c1-15-13-18(23)11-12-21(15)29(27,28)24-14-20-17-9-7-16(8-10-17)19(20)5-3-2-4-6-22(25)26/h3,5,11-13,16-17,19-20,24H,2,4,6-10,14H2,1H3,(H,25,26)/b5-3-/t16?,17?,19-,20?/m0/s1. The number of rotatable bonds is 9. The third kappa shape index (κ3) is 5.62. The van der Waals surface area contributed by atoms with Crippen LogP contribution in [-0.2, 0) is 14.8 Å². The number of hydrogen-bond donors (Lipinski definition) is 2. The van der Waals surface area contributed by atoms with Gasteiger partial charge in [-0.05, 0) is 92.9 Å². The van der Waals surface area contributed by atoms with Gasteiger partial charge in [-0.15, -0.1) is 0 Å². The summed E-state index contributed by atoms with van der Waals surface area (Å²) in [6, 6.07) is 4.84. The van der Waals surface area contributed by atoms with E-state index >= 15 is 0 Å². The third-order valence-electron chi connectivity index (χ3n) is 6.52. The van der Waals surface area contributed by atoms with Gasteiger partial charge >= 0.3 is 5.97 Å². The topological polar surface area (TPSA) is 83.5 Å². The number of carboxylic acid groups (broad SMARTS) is 1. The summed E-state index contributed by atoms with van der Waals surface area (Å²) in [5.41, 5.74) is 0.644. The van der Waals surface area contributed by atoms with Crippen molar-refractivity contribution in [3.05, 3.63) is 40.9 Å². The summed E-state index contributed by atoms with van der Waals surface area (Å²) in [5.74, 6) is 1.03. The fraction of sp³-hybridized carbons (Fsp3) is 0.591. The Kier molecular flexibility index (Phi) is 7.41. The first-order valence-corrected chi connectivity index (χ1v) is 12.3. The van der Waals surface area contributed by atoms with Crippen molar-refractivity contribution in [2.75, 3.05) is 6.54 Å². The molecular weight excluding hydrogens is 410 g/mol. The zero-order chi connectivity index (χ0) is 21.0. The minimum atomic E-state index is -3.58. The maximum atomic E-state index is 12.9. The van der Waals surface area contributed by atoms with Gasteiger partial charge in [-0.2, -0.15) is 0 Å². The van der Waals surface area contributed by atoms with Crippen LogP contribution in [0.5, 0.6) is 0 Å². The molecule has 0 heterocycles. The number of allylic oxidation sites excluding steroid dienone is 2. The number of sulfonamides is 1. The number of halogens is 1. The first-order valence-electron chi connectivity index (χ1n) is 10.4. The summed E-state index contributed by atoms with van der Waals surface area (Å²) in [6.45, 7) is 2.20. The molecule has 0 radical (unpaired) electrons. The van der Waals surface area contributed by atoms with Crippen LogP contribution in [0.15, 0.2) is 35.2 Å². The number of aliphatic carboxylic acids is 1. The number of carbonyl (C=O) groups is 1. The molecule has 0 aromatic heterocycles. The highest BCUT2D eigenvalue weighted by molar-refractivity contribution is 7.89. The van der Waals surface area contributed by atoms with Gasteiger partial charge in [0, 0.05) is 18.0 Å². The number of aryl methyl sites for hydroxylation is 1. The van der Waals surface area contributed by atoms with Crippen LogP contribution in [-0.4, -0.2) is 26.0 Å². The molecule has 1 aromatic carbocycles. The summed E-state index contributed by atoms with van der Waals surface area (Å²) in [4.78, 5) is 10.9. The molecule has 0 spiro atoms. The molecule has 3 saturated carbocycles. The summed E-state index contributed by atoms with van der Waals surface area (Å²) in [6.07, 6.45) is 10.6. The van der Waals surface area contributed by atoms with Crippen molar-refractivity contribution in [3.8, 4) is 0 Å². The molecule has 2 atom stereocenters. The second kappa shape index (κ2) is 9.63. The Morgan fingerprint density at radius 1 is 1.24 bits per heavy atom. The van der Waals surface area contributed by atoms with Crippen LogP contribution >= 0.6 is 11.6 Å². The van der Waals surface area contributed by atoms with E-state index in [0.717, 1.165) is 6.42 Å². The molecular formula is C22H30ClNO4S. The quantitative estimate of drug-likeness (QED) is 0.428. The zero-order valence-corrected chi connectivity index (χ0v) is 18.4. The van der Waals surface area contributed by atoms with Crippen molar-refractivity contribution < 1.29 is 18.3 Å². The Morgan fingerprint density at radius 3 is 2.59 bits per heavy atom. The molecule has 29 heavy (non-hydrogen) atoms. The summed E-state index contributed by atoms with van der Waals surface area (Å²) < 4.78 is 28.6. The van der Waals surface area contributed by atoms with Gasteiger partial charge in [-0.25, -0.2) is 13.1 Å². The summed E-state index contributed by atoms with van der Waals surface area (Å²) in [7, 11) is -3.58. The molecule has 4 rings (SSSR count). The number of nitrogens with one attached hydrogen (secondary N) is 1. The molecule has 3 aliphatic carbocycles.